The quantitative estimate of drug-likeness (QED) is 0.430. The molecule has 0 amide bonds. The number of rotatable bonds is 6. The zero-order valence-electron chi connectivity index (χ0n) is 16.3. The van der Waals surface area contributed by atoms with Crippen molar-refractivity contribution in [1.29, 1.82) is 0 Å². The Morgan fingerprint density at radius 3 is 1.87 bits per heavy atom. The average molecular weight is 392 g/mol. The van der Waals surface area contributed by atoms with Crippen LogP contribution in [0.3, 0.4) is 0 Å². The van der Waals surface area contributed by atoms with Gasteiger partial charge in [0.1, 0.15) is 5.82 Å². The SMILES string of the molecule is O=C1c2ccccc2-c2nc(NCc3ccccc3)nc(NCc3ccccc3)c21. The van der Waals surface area contributed by atoms with Gasteiger partial charge in [-0.05, 0) is 11.1 Å². The van der Waals surface area contributed by atoms with Crippen LogP contribution in [0.2, 0.25) is 0 Å². The number of hydrogen-bond donors (Lipinski definition) is 2. The number of ketones is 1. The first-order valence-electron chi connectivity index (χ1n) is 9.91. The number of carbonyl (C=O) groups is 1. The van der Waals surface area contributed by atoms with E-state index in [2.05, 4.69) is 15.6 Å². The topological polar surface area (TPSA) is 66.9 Å². The lowest BCUT2D eigenvalue weighted by molar-refractivity contribution is 0.104. The summed E-state index contributed by atoms with van der Waals surface area (Å²) < 4.78 is 0. The summed E-state index contributed by atoms with van der Waals surface area (Å²) in [6.45, 7) is 1.18. The van der Waals surface area contributed by atoms with Crippen LogP contribution in [0.4, 0.5) is 11.8 Å². The van der Waals surface area contributed by atoms with E-state index in [1.165, 1.54) is 0 Å². The van der Waals surface area contributed by atoms with Gasteiger partial charge in [0.25, 0.3) is 0 Å². The van der Waals surface area contributed by atoms with E-state index in [1.54, 1.807) is 0 Å². The number of hydrogen-bond acceptors (Lipinski definition) is 5. The summed E-state index contributed by atoms with van der Waals surface area (Å²) in [6.07, 6.45) is 0. The van der Waals surface area contributed by atoms with Crippen molar-refractivity contribution in [2.75, 3.05) is 10.6 Å². The van der Waals surface area contributed by atoms with Gasteiger partial charge in [-0.3, -0.25) is 4.79 Å². The van der Waals surface area contributed by atoms with Crippen LogP contribution in [-0.4, -0.2) is 15.8 Å². The summed E-state index contributed by atoms with van der Waals surface area (Å²) in [6, 6.07) is 27.7. The molecule has 0 radical (unpaired) electrons. The average Bonchev–Trinajstić information content (AvgIpc) is 3.10. The molecule has 1 aliphatic carbocycles. The number of benzene rings is 3. The molecular formula is C25H20N4O. The molecule has 1 heterocycles. The molecule has 0 saturated heterocycles. The van der Waals surface area contributed by atoms with Crippen LogP contribution in [-0.2, 0) is 13.1 Å². The zero-order chi connectivity index (χ0) is 20.3. The zero-order valence-corrected chi connectivity index (χ0v) is 16.3. The predicted molar refractivity (Wildman–Crippen MR) is 118 cm³/mol. The molecule has 0 saturated carbocycles. The molecule has 0 spiro atoms. The van der Waals surface area contributed by atoms with E-state index in [1.807, 2.05) is 84.9 Å². The fourth-order valence-electron chi connectivity index (χ4n) is 3.66. The second-order valence-corrected chi connectivity index (χ2v) is 7.17. The molecule has 0 aliphatic heterocycles. The Morgan fingerprint density at radius 2 is 1.20 bits per heavy atom. The molecule has 0 fully saturated rings. The smallest absolute Gasteiger partial charge is 0.225 e. The lowest BCUT2D eigenvalue weighted by atomic mass is 10.1. The van der Waals surface area contributed by atoms with Gasteiger partial charge in [-0.1, -0.05) is 84.9 Å². The first-order valence-corrected chi connectivity index (χ1v) is 9.91. The van der Waals surface area contributed by atoms with E-state index >= 15 is 0 Å². The number of carbonyl (C=O) groups excluding carboxylic acids is 1. The molecule has 2 N–H and O–H groups in total. The van der Waals surface area contributed by atoms with Gasteiger partial charge in [0.2, 0.25) is 5.95 Å². The lowest BCUT2D eigenvalue weighted by Gasteiger charge is -2.13. The molecule has 3 aromatic carbocycles. The van der Waals surface area contributed by atoms with Gasteiger partial charge in [0.15, 0.2) is 5.78 Å². The van der Waals surface area contributed by atoms with Gasteiger partial charge in [0.05, 0.1) is 11.3 Å². The van der Waals surface area contributed by atoms with E-state index in [0.717, 1.165) is 16.7 Å². The maximum absolute atomic E-state index is 13.1. The second kappa shape index (κ2) is 7.79. The summed E-state index contributed by atoms with van der Waals surface area (Å²) in [5, 5.41) is 6.65. The van der Waals surface area contributed by atoms with Crippen LogP contribution in [0.5, 0.6) is 0 Å². The standard InChI is InChI=1S/C25H20N4O/c30-23-20-14-8-7-13-19(20)22-21(23)24(26-15-17-9-3-1-4-10-17)29-25(28-22)27-16-18-11-5-2-6-12-18/h1-14H,15-16H2,(H2,26,27,28,29). The molecular weight excluding hydrogens is 372 g/mol. The Kier molecular flexibility index (Phi) is 4.69. The van der Waals surface area contributed by atoms with E-state index in [4.69, 9.17) is 4.98 Å². The van der Waals surface area contributed by atoms with Gasteiger partial charge in [-0.25, -0.2) is 4.98 Å². The Hall–Kier alpha value is -3.99. The third kappa shape index (κ3) is 3.42. The first-order chi connectivity index (χ1) is 14.8. The molecule has 146 valence electrons. The molecule has 5 nitrogen and oxygen atoms in total. The Morgan fingerprint density at radius 1 is 0.633 bits per heavy atom. The predicted octanol–water partition coefficient (Wildman–Crippen LogP) is 4.91. The number of nitrogens with one attached hydrogen (secondary N) is 2. The van der Waals surface area contributed by atoms with Crippen molar-refractivity contribution in [3.63, 3.8) is 0 Å². The summed E-state index contributed by atoms with van der Waals surface area (Å²) in [5.74, 6) is 1.02. The Balaban J connectivity index is 1.51. The maximum Gasteiger partial charge on any atom is 0.225 e. The van der Waals surface area contributed by atoms with Crippen LogP contribution in [0.1, 0.15) is 27.0 Å². The number of anilines is 2. The molecule has 5 rings (SSSR count). The van der Waals surface area contributed by atoms with Crippen LogP contribution >= 0.6 is 0 Å². The van der Waals surface area contributed by atoms with Gasteiger partial charge >= 0.3 is 0 Å². The molecule has 30 heavy (non-hydrogen) atoms. The highest BCUT2D eigenvalue weighted by atomic mass is 16.1. The number of nitrogens with zero attached hydrogens (tertiary/aromatic N) is 2. The van der Waals surface area contributed by atoms with E-state index in [9.17, 15) is 4.79 Å². The highest BCUT2D eigenvalue weighted by Crippen LogP contribution is 2.39. The van der Waals surface area contributed by atoms with Crippen molar-refractivity contribution in [2.24, 2.45) is 0 Å². The van der Waals surface area contributed by atoms with Crippen LogP contribution in [0.15, 0.2) is 84.9 Å². The van der Waals surface area contributed by atoms with Gasteiger partial charge in [0, 0.05) is 24.2 Å². The molecule has 5 heteroatoms. The van der Waals surface area contributed by atoms with Crippen LogP contribution in [0, 0.1) is 0 Å². The van der Waals surface area contributed by atoms with E-state index < -0.39 is 0 Å². The summed E-state index contributed by atoms with van der Waals surface area (Å²) in [5.41, 5.74) is 4.99. The number of fused-ring (bicyclic) bond motifs is 3. The fraction of sp³-hybridized carbons (Fsp3) is 0.0800. The van der Waals surface area contributed by atoms with E-state index in [-0.39, 0.29) is 5.78 Å². The minimum atomic E-state index is -0.0363. The Labute approximate surface area is 174 Å². The van der Waals surface area contributed by atoms with Crippen molar-refractivity contribution in [2.45, 2.75) is 13.1 Å². The van der Waals surface area contributed by atoms with Crippen molar-refractivity contribution in [1.82, 2.24) is 9.97 Å². The van der Waals surface area contributed by atoms with Gasteiger partial charge in [-0.15, -0.1) is 0 Å². The molecule has 1 aromatic heterocycles. The normalized spacial score (nSPS) is 11.7. The molecule has 0 unspecified atom stereocenters. The maximum atomic E-state index is 13.1. The monoisotopic (exact) mass is 392 g/mol. The van der Waals surface area contributed by atoms with Crippen molar-refractivity contribution >= 4 is 17.5 Å². The highest BCUT2D eigenvalue weighted by Gasteiger charge is 2.32. The second-order valence-electron chi connectivity index (χ2n) is 7.17. The summed E-state index contributed by atoms with van der Waals surface area (Å²) in [4.78, 5) is 22.4. The van der Waals surface area contributed by atoms with Crippen molar-refractivity contribution in [3.05, 3.63) is 107 Å². The molecule has 4 aromatic rings. The largest absolute Gasteiger partial charge is 0.365 e. The minimum Gasteiger partial charge on any atom is -0.365 e. The van der Waals surface area contributed by atoms with Crippen molar-refractivity contribution in [3.8, 4) is 11.3 Å². The Bertz CT molecular complexity index is 1210. The van der Waals surface area contributed by atoms with Gasteiger partial charge in [-0.2, -0.15) is 4.98 Å². The van der Waals surface area contributed by atoms with Gasteiger partial charge < -0.3 is 10.6 Å². The lowest BCUT2D eigenvalue weighted by Crippen LogP contribution is -2.11. The summed E-state index contributed by atoms with van der Waals surface area (Å²) >= 11 is 0. The first kappa shape index (κ1) is 18.1. The minimum absolute atomic E-state index is 0.0363. The summed E-state index contributed by atoms with van der Waals surface area (Å²) in [7, 11) is 0. The fourth-order valence-corrected chi connectivity index (χ4v) is 3.66. The molecule has 0 bridgehead atoms. The third-order valence-corrected chi connectivity index (χ3v) is 5.16. The van der Waals surface area contributed by atoms with Crippen molar-refractivity contribution < 1.29 is 4.79 Å². The van der Waals surface area contributed by atoms with Crippen LogP contribution < -0.4 is 10.6 Å². The molecule has 1 aliphatic rings. The molecule has 0 atom stereocenters. The van der Waals surface area contributed by atoms with Crippen LogP contribution in [0.25, 0.3) is 11.3 Å². The highest BCUT2D eigenvalue weighted by molar-refractivity contribution is 6.23. The van der Waals surface area contributed by atoms with E-state index in [0.29, 0.717) is 41.7 Å². The third-order valence-electron chi connectivity index (χ3n) is 5.16. The number of aromatic nitrogens is 2.